The van der Waals surface area contributed by atoms with E-state index in [1.165, 1.54) is 24.3 Å². The van der Waals surface area contributed by atoms with E-state index in [2.05, 4.69) is 0 Å². The molecule has 106 valence electrons. The van der Waals surface area contributed by atoms with Crippen molar-refractivity contribution < 1.29 is 17.6 Å². The lowest BCUT2D eigenvalue weighted by molar-refractivity contribution is -0.137. The molecule has 0 heterocycles. The Balaban J connectivity index is 1.96. The molecule has 2 atom stereocenters. The molecule has 21 heavy (non-hydrogen) atoms. The Kier molecular flexibility index (Phi) is 2.39. The van der Waals surface area contributed by atoms with Crippen molar-refractivity contribution in [2.75, 3.05) is 0 Å². The Morgan fingerprint density at radius 1 is 0.762 bits per heavy atom. The van der Waals surface area contributed by atoms with Crippen LogP contribution in [0.3, 0.4) is 0 Å². The maximum Gasteiger partial charge on any atom is 0.416 e. The van der Waals surface area contributed by atoms with Gasteiger partial charge in [-0.25, -0.2) is 4.39 Å². The van der Waals surface area contributed by atoms with Crippen molar-refractivity contribution in [3.63, 3.8) is 0 Å². The Morgan fingerprint density at radius 3 is 1.90 bits per heavy atom. The maximum absolute atomic E-state index is 13.4. The van der Waals surface area contributed by atoms with Crippen LogP contribution in [0.1, 0.15) is 28.5 Å². The molecule has 4 heteroatoms. The number of hydrogen-bond acceptors (Lipinski definition) is 0. The molecule has 2 aromatic carbocycles. The van der Waals surface area contributed by atoms with Gasteiger partial charge in [0.25, 0.3) is 0 Å². The first kappa shape index (κ1) is 12.6. The van der Waals surface area contributed by atoms with Crippen LogP contribution in [0.15, 0.2) is 48.6 Å². The summed E-state index contributed by atoms with van der Waals surface area (Å²) in [5, 5.41) is 0. The van der Waals surface area contributed by atoms with Gasteiger partial charge in [0.05, 0.1) is 5.56 Å². The van der Waals surface area contributed by atoms with Crippen molar-refractivity contribution >= 4 is 0 Å². The van der Waals surface area contributed by atoms with E-state index < -0.39 is 11.7 Å². The van der Waals surface area contributed by atoms with Crippen LogP contribution in [-0.4, -0.2) is 0 Å². The number of allylic oxidation sites excluding steroid dienone is 2. The van der Waals surface area contributed by atoms with Crippen LogP contribution in [0.25, 0.3) is 11.1 Å². The molecule has 4 rings (SSSR count). The van der Waals surface area contributed by atoms with Crippen LogP contribution in [0.4, 0.5) is 17.6 Å². The highest BCUT2D eigenvalue weighted by molar-refractivity contribution is 5.78. The van der Waals surface area contributed by atoms with Gasteiger partial charge in [0.15, 0.2) is 0 Å². The van der Waals surface area contributed by atoms with E-state index in [9.17, 15) is 17.6 Å². The van der Waals surface area contributed by atoms with Crippen molar-refractivity contribution in [3.05, 3.63) is 71.1 Å². The maximum atomic E-state index is 13.4. The Bertz CT molecular complexity index is 771. The van der Waals surface area contributed by atoms with E-state index in [-0.39, 0.29) is 17.7 Å². The van der Waals surface area contributed by atoms with Gasteiger partial charge < -0.3 is 0 Å². The number of benzene rings is 2. The molecule has 2 aliphatic rings. The average Bonchev–Trinajstić information content (AvgIpc) is 2.36. The van der Waals surface area contributed by atoms with Gasteiger partial charge in [-0.15, -0.1) is 0 Å². The molecule has 0 bridgehead atoms. The number of alkyl halides is 3. The van der Waals surface area contributed by atoms with Crippen LogP contribution in [0.5, 0.6) is 0 Å². The van der Waals surface area contributed by atoms with Crippen molar-refractivity contribution in [1.29, 1.82) is 0 Å². The predicted molar refractivity (Wildman–Crippen MR) is 71.5 cm³/mol. The molecule has 0 aromatic heterocycles. The summed E-state index contributed by atoms with van der Waals surface area (Å²) < 4.78 is 52.1. The largest absolute Gasteiger partial charge is 0.416 e. The summed E-state index contributed by atoms with van der Waals surface area (Å²) in [6.45, 7) is 0. The molecule has 0 saturated heterocycles. The van der Waals surface area contributed by atoms with Crippen molar-refractivity contribution in [2.45, 2.75) is 18.0 Å². The highest BCUT2D eigenvalue weighted by Crippen LogP contribution is 2.53. The summed E-state index contributed by atoms with van der Waals surface area (Å²) in [6.07, 6.45) is -0.537. The van der Waals surface area contributed by atoms with Gasteiger partial charge in [0.2, 0.25) is 0 Å². The van der Waals surface area contributed by atoms with E-state index in [1.807, 2.05) is 12.2 Å². The monoisotopic (exact) mass is 290 g/mol. The first-order valence-corrected chi connectivity index (χ1v) is 6.64. The average molecular weight is 290 g/mol. The van der Waals surface area contributed by atoms with E-state index in [4.69, 9.17) is 0 Å². The highest BCUT2D eigenvalue weighted by Gasteiger charge is 2.38. The van der Waals surface area contributed by atoms with Gasteiger partial charge in [0.1, 0.15) is 5.82 Å². The molecular formula is C17H10F4. The minimum absolute atomic E-state index is 0.0216. The summed E-state index contributed by atoms with van der Waals surface area (Å²) in [5.74, 6) is -0.425. The molecule has 0 fully saturated rings. The van der Waals surface area contributed by atoms with Gasteiger partial charge in [-0.05, 0) is 46.5 Å². The second-order valence-corrected chi connectivity index (χ2v) is 5.47. The van der Waals surface area contributed by atoms with E-state index in [0.717, 1.165) is 22.8 Å². The summed E-state index contributed by atoms with van der Waals surface area (Å²) in [4.78, 5) is 0. The fraction of sp³-hybridized carbons (Fsp3) is 0.176. The van der Waals surface area contributed by atoms with Gasteiger partial charge in [0, 0.05) is 11.8 Å². The molecule has 2 aromatic rings. The molecule has 0 N–H and O–H groups in total. The van der Waals surface area contributed by atoms with Crippen LogP contribution < -0.4 is 0 Å². The third-order valence-electron chi connectivity index (χ3n) is 4.31. The summed E-state index contributed by atoms with van der Waals surface area (Å²) >= 11 is 0. The van der Waals surface area contributed by atoms with Crippen molar-refractivity contribution in [3.8, 4) is 11.1 Å². The summed E-state index contributed by atoms with van der Waals surface area (Å²) in [7, 11) is 0. The van der Waals surface area contributed by atoms with E-state index in [1.54, 1.807) is 6.07 Å². The number of fused-ring (bicyclic) bond motifs is 6. The van der Waals surface area contributed by atoms with E-state index in [0.29, 0.717) is 5.56 Å². The molecule has 0 saturated carbocycles. The normalized spacial score (nSPS) is 22.1. The third-order valence-corrected chi connectivity index (χ3v) is 4.31. The molecule has 2 unspecified atom stereocenters. The Hall–Kier alpha value is -2.10. The topological polar surface area (TPSA) is 0 Å². The van der Waals surface area contributed by atoms with Crippen molar-refractivity contribution in [2.24, 2.45) is 0 Å². The smallest absolute Gasteiger partial charge is 0.207 e. The lowest BCUT2D eigenvalue weighted by Crippen LogP contribution is -2.21. The Labute approximate surface area is 118 Å². The zero-order valence-corrected chi connectivity index (χ0v) is 10.8. The zero-order valence-electron chi connectivity index (χ0n) is 10.8. The highest BCUT2D eigenvalue weighted by atomic mass is 19.4. The van der Waals surface area contributed by atoms with Crippen LogP contribution in [0, 0.1) is 5.82 Å². The molecule has 0 nitrogen and oxygen atoms in total. The lowest BCUT2D eigenvalue weighted by Gasteiger charge is -2.38. The number of hydrogen-bond donors (Lipinski definition) is 0. The van der Waals surface area contributed by atoms with Crippen LogP contribution in [0.2, 0.25) is 0 Å². The van der Waals surface area contributed by atoms with Crippen LogP contribution >= 0.6 is 0 Å². The minimum atomic E-state index is -4.35. The predicted octanol–water partition coefficient (Wildman–Crippen LogP) is 5.26. The molecule has 0 spiro atoms. The fourth-order valence-corrected chi connectivity index (χ4v) is 3.24. The van der Waals surface area contributed by atoms with Gasteiger partial charge in [-0.3, -0.25) is 0 Å². The lowest BCUT2D eigenvalue weighted by atomic mass is 9.66. The first-order valence-electron chi connectivity index (χ1n) is 6.64. The number of rotatable bonds is 0. The summed E-state index contributed by atoms with van der Waals surface area (Å²) in [6, 6.07) is 8.30. The van der Waals surface area contributed by atoms with Crippen molar-refractivity contribution in [1.82, 2.24) is 0 Å². The Morgan fingerprint density at radius 2 is 1.33 bits per heavy atom. The van der Waals surface area contributed by atoms with Gasteiger partial charge in [-0.2, -0.15) is 13.2 Å². The second kappa shape index (κ2) is 3.97. The quantitative estimate of drug-likeness (QED) is 0.458. The van der Waals surface area contributed by atoms with Gasteiger partial charge >= 0.3 is 6.18 Å². The molecule has 0 radical (unpaired) electrons. The third kappa shape index (κ3) is 1.75. The molecular weight excluding hydrogens is 280 g/mol. The SMILES string of the molecule is Fc1ccc2c(c1)C1C=CC1c1cc(C(F)(F)F)ccc1-2. The summed E-state index contributed by atoms with van der Waals surface area (Å²) in [5.41, 5.74) is 2.49. The second-order valence-electron chi connectivity index (χ2n) is 5.47. The van der Waals surface area contributed by atoms with E-state index >= 15 is 0 Å². The standard InChI is InChI=1S/C17H10F4/c18-10-2-4-12-11-3-1-9(17(19,20)21)7-15(11)13-5-6-14(13)16(12)8-10/h1-8,13-14H. The number of halogens is 4. The van der Waals surface area contributed by atoms with Gasteiger partial charge in [-0.1, -0.05) is 24.3 Å². The molecule has 0 amide bonds. The minimum Gasteiger partial charge on any atom is -0.207 e. The molecule has 2 aliphatic carbocycles. The zero-order chi connectivity index (χ0) is 14.8. The molecule has 0 aliphatic heterocycles. The first-order chi connectivity index (χ1) is 9.95. The van der Waals surface area contributed by atoms with Crippen LogP contribution in [-0.2, 0) is 6.18 Å². The fourth-order valence-electron chi connectivity index (χ4n) is 3.24.